The molecule has 0 spiro atoms. The van der Waals surface area contributed by atoms with E-state index in [1.807, 2.05) is 20.8 Å². The Balaban J connectivity index is 1.77. The number of rotatable bonds is 11. The van der Waals surface area contributed by atoms with E-state index in [1.165, 1.54) is 49.6 Å². The van der Waals surface area contributed by atoms with Crippen molar-refractivity contribution in [2.75, 3.05) is 18.8 Å². The third-order valence-electron chi connectivity index (χ3n) is 6.89. The Morgan fingerprint density at radius 1 is 1.00 bits per heavy atom. The lowest BCUT2D eigenvalue weighted by molar-refractivity contribution is -0.126. The van der Waals surface area contributed by atoms with Crippen molar-refractivity contribution in [1.82, 2.24) is 4.72 Å². The summed E-state index contributed by atoms with van der Waals surface area (Å²) in [6, 6.07) is 13.5. The number of carbonyl (C=O) groups excluding carboxylic acids is 2. The van der Waals surface area contributed by atoms with Crippen molar-refractivity contribution in [3.8, 4) is 23.0 Å². The van der Waals surface area contributed by atoms with Crippen molar-refractivity contribution in [2.24, 2.45) is 0 Å². The molecule has 0 aromatic heterocycles. The third-order valence-corrected chi connectivity index (χ3v) is 8.25. The van der Waals surface area contributed by atoms with E-state index in [-0.39, 0.29) is 46.1 Å². The number of hydrogen-bond acceptors (Lipinski definition) is 9. The second-order valence-electron chi connectivity index (χ2n) is 10.3. The zero-order chi connectivity index (χ0) is 32.2. The van der Waals surface area contributed by atoms with Gasteiger partial charge < -0.3 is 24.1 Å². The molecule has 4 rings (SSSR count). The van der Waals surface area contributed by atoms with Crippen LogP contribution in [0.15, 0.2) is 59.5 Å². The van der Waals surface area contributed by atoms with Crippen LogP contribution in [0.2, 0.25) is 0 Å². The first-order valence-electron chi connectivity index (χ1n) is 13.8. The number of amides is 3. The lowest BCUT2D eigenvalue weighted by atomic mass is 10.0. The molecule has 0 radical (unpaired) electrons. The molecule has 3 aromatic rings. The highest BCUT2D eigenvalue weighted by molar-refractivity contribution is 7.90. The largest absolute Gasteiger partial charge is 0.493 e. The van der Waals surface area contributed by atoms with E-state index in [4.69, 9.17) is 18.9 Å². The smallest absolute Gasteiger partial charge is 0.418 e. The molecule has 13 heteroatoms. The van der Waals surface area contributed by atoms with E-state index < -0.39 is 34.0 Å². The van der Waals surface area contributed by atoms with E-state index >= 15 is 0 Å². The molecule has 0 aliphatic carbocycles. The van der Waals surface area contributed by atoms with Gasteiger partial charge in [0.1, 0.15) is 5.75 Å². The van der Waals surface area contributed by atoms with Crippen molar-refractivity contribution in [1.29, 1.82) is 0 Å². The molecule has 1 aliphatic rings. The van der Waals surface area contributed by atoms with Crippen LogP contribution in [0.25, 0.3) is 0 Å². The summed E-state index contributed by atoms with van der Waals surface area (Å²) in [5.74, 6) is -0.503. The fourth-order valence-electron chi connectivity index (χ4n) is 4.69. The Hall–Kier alpha value is -4.78. The van der Waals surface area contributed by atoms with Gasteiger partial charge >= 0.3 is 6.09 Å². The van der Waals surface area contributed by atoms with Crippen LogP contribution in [0.5, 0.6) is 23.0 Å². The van der Waals surface area contributed by atoms with Gasteiger partial charge in [0.25, 0.3) is 15.9 Å². The standard InChI is InChI=1S/C31H34N2O10S/c1-6-7-21-14-23(33(19(4)34)31(36)37)10-13-25(21)43-28(22-15-26(40-5)29-27(16-22)41-17-42-29)30(35)32-44(38,39)24-11-8-20(9-12-24)18(2)3/h8-16,18,28H,6-7,17H2,1-5H3,(H,32,35)(H,36,37). The van der Waals surface area contributed by atoms with Gasteiger partial charge in [-0.1, -0.05) is 39.3 Å². The molecule has 1 atom stereocenters. The number of nitrogens with one attached hydrogen (secondary N) is 1. The van der Waals surface area contributed by atoms with Crippen LogP contribution in [-0.4, -0.2) is 45.3 Å². The first-order valence-corrected chi connectivity index (χ1v) is 15.3. The Morgan fingerprint density at radius 3 is 2.30 bits per heavy atom. The number of ether oxygens (including phenoxy) is 4. The van der Waals surface area contributed by atoms with Gasteiger partial charge in [-0.15, -0.1) is 0 Å². The zero-order valence-electron chi connectivity index (χ0n) is 24.9. The van der Waals surface area contributed by atoms with Gasteiger partial charge in [0.05, 0.1) is 17.7 Å². The summed E-state index contributed by atoms with van der Waals surface area (Å²) in [5, 5.41) is 9.55. The minimum absolute atomic E-state index is 0.0774. The van der Waals surface area contributed by atoms with E-state index in [1.54, 1.807) is 12.1 Å². The van der Waals surface area contributed by atoms with E-state index in [2.05, 4.69) is 4.72 Å². The van der Waals surface area contributed by atoms with Crippen molar-refractivity contribution in [2.45, 2.75) is 57.5 Å². The van der Waals surface area contributed by atoms with Crippen molar-refractivity contribution < 1.29 is 46.9 Å². The highest BCUT2D eigenvalue weighted by Gasteiger charge is 2.32. The number of carboxylic acid groups (broad SMARTS) is 1. The Kier molecular flexibility index (Phi) is 9.68. The van der Waals surface area contributed by atoms with Crippen LogP contribution in [-0.2, 0) is 26.0 Å². The third kappa shape index (κ3) is 6.88. The van der Waals surface area contributed by atoms with Gasteiger partial charge in [-0.05, 0) is 65.9 Å². The molecular formula is C31H34N2O10S. The summed E-state index contributed by atoms with van der Waals surface area (Å²) in [4.78, 5) is 38.0. The predicted molar refractivity (Wildman–Crippen MR) is 160 cm³/mol. The average molecular weight is 627 g/mol. The number of aryl methyl sites for hydroxylation is 1. The van der Waals surface area contributed by atoms with Gasteiger partial charge in [0.2, 0.25) is 24.6 Å². The zero-order valence-corrected chi connectivity index (χ0v) is 25.8. The normalized spacial score (nSPS) is 12.9. The molecule has 1 unspecified atom stereocenters. The van der Waals surface area contributed by atoms with Crippen molar-refractivity contribution in [3.05, 3.63) is 71.3 Å². The molecule has 2 N–H and O–H groups in total. The second kappa shape index (κ2) is 13.2. The molecule has 1 aliphatic heterocycles. The summed E-state index contributed by atoms with van der Waals surface area (Å²) in [7, 11) is -2.90. The quantitative estimate of drug-likeness (QED) is 0.291. The highest BCUT2D eigenvalue weighted by Crippen LogP contribution is 2.44. The Bertz CT molecular complexity index is 1660. The number of benzene rings is 3. The van der Waals surface area contributed by atoms with Crippen LogP contribution in [0, 0.1) is 0 Å². The van der Waals surface area contributed by atoms with Crippen LogP contribution >= 0.6 is 0 Å². The first kappa shape index (κ1) is 32.1. The molecule has 3 amide bonds. The Morgan fingerprint density at radius 2 is 1.70 bits per heavy atom. The van der Waals surface area contributed by atoms with Gasteiger partial charge in [0, 0.05) is 12.5 Å². The number of imide groups is 1. The van der Waals surface area contributed by atoms with Crippen LogP contribution in [0.3, 0.4) is 0 Å². The number of carbonyl (C=O) groups is 3. The van der Waals surface area contributed by atoms with E-state index in [0.29, 0.717) is 29.1 Å². The summed E-state index contributed by atoms with van der Waals surface area (Å²) < 4.78 is 51.3. The van der Waals surface area contributed by atoms with Gasteiger partial charge in [-0.3, -0.25) is 9.59 Å². The second-order valence-corrected chi connectivity index (χ2v) is 12.0. The monoisotopic (exact) mass is 626 g/mol. The molecule has 0 saturated carbocycles. The van der Waals surface area contributed by atoms with E-state index in [0.717, 1.165) is 12.5 Å². The number of sulfonamides is 1. The van der Waals surface area contributed by atoms with Crippen molar-refractivity contribution in [3.63, 3.8) is 0 Å². The molecule has 1 heterocycles. The lowest BCUT2D eigenvalue weighted by Gasteiger charge is -2.23. The molecule has 3 aromatic carbocycles. The number of nitrogens with zero attached hydrogens (tertiary/aromatic N) is 1. The molecule has 0 bridgehead atoms. The van der Waals surface area contributed by atoms with Gasteiger partial charge in [-0.25, -0.2) is 22.8 Å². The SMILES string of the molecule is CCCc1cc(N(C(C)=O)C(=O)O)ccc1OC(C(=O)NS(=O)(=O)c1ccc(C(C)C)cc1)c1cc(OC)c2c(c1)OCO2. The summed E-state index contributed by atoms with van der Waals surface area (Å²) >= 11 is 0. The minimum Gasteiger partial charge on any atom is -0.493 e. The summed E-state index contributed by atoms with van der Waals surface area (Å²) in [6.45, 7) is 6.89. The number of methoxy groups -OCH3 is 1. The van der Waals surface area contributed by atoms with Crippen molar-refractivity contribution >= 4 is 33.6 Å². The maximum absolute atomic E-state index is 13.8. The molecule has 12 nitrogen and oxygen atoms in total. The van der Waals surface area contributed by atoms with Crippen LogP contribution in [0.4, 0.5) is 10.5 Å². The van der Waals surface area contributed by atoms with E-state index in [9.17, 15) is 27.9 Å². The molecule has 234 valence electrons. The summed E-state index contributed by atoms with van der Waals surface area (Å²) in [5.41, 5.74) is 1.73. The number of hydrogen-bond donors (Lipinski definition) is 2. The first-order chi connectivity index (χ1) is 20.9. The van der Waals surface area contributed by atoms with Gasteiger partial charge in [-0.2, -0.15) is 0 Å². The maximum Gasteiger partial charge on any atom is 0.418 e. The Labute approximate surface area is 255 Å². The fourth-order valence-corrected chi connectivity index (χ4v) is 5.67. The predicted octanol–water partition coefficient (Wildman–Crippen LogP) is 5.16. The number of fused-ring (bicyclic) bond motifs is 1. The maximum atomic E-state index is 13.8. The molecule has 44 heavy (non-hydrogen) atoms. The summed E-state index contributed by atoms with van der Waals surface area (Å²) in [6.07, 6.45) is -1.98. The minimum atomic E-state index is -4.31. The lowest BCUT2D eigenvalue weighted by Crippen LogP contribution is -2.37. The van der Waals surface area contributed by atoms with Crippen LogP contribution < -0.4 is 28.6 Å². The topological polar surface area (TPSA) is 158 Å². The molecular weight excluding hydrogens is 592 g/mol. The molecule has 0 saturated heterocycles. The van der Waals surface area contributed by atoms with Gasteiger partial charge in [0.15, 0.2) is 11.5 Å². The average Bonchev–Trinajstić information content (AvgIpc) is 3.45. The number of anilines is 1. The fraction of sp³-hybridized carbons (Fsp3) is 0.323. The molecule has 0 fully saturated rings. The van der Waals surface area contributed by atoms with Crippen LogP contribution in [0.1, 0.15) is 62.8 Å². The highest BCUT2D eigenvalue weighted by atomic mass is 32.2.